The quantitative estimate of drug-likeness (QED) is 0.903. The lowest BCUT2D eigenvalue weighted by atomic mass is 9.92. The third kappa shape index (κ3) is 3.40. The van der Waals surface area contributed by atoms with Gasteiger partial charge >= 0.3 is 0 Å². The van der Waals surface area contributed by atoms with Gasteiger partial charge in [-0.25, -0.2) is 0 Å². The van der Waals surface area contributed by atoms with E-state index in [9.17, 15) is 4.79 Å². The molecule has 5 nitrogen and oxygen atoms in total. The summed E-state index contributed by atoms with van der Waals surface area (Å²) in [6.45, 7) is 7.81. The van der Waals surface area contributed by atoms with Crippen LogP contribution in [0.1, 0.15) is 29.9 Å². The molecule has 0 radical (unpaired) electrons. The first-order valence-corrected chi connectivity index (χ1v) is 7.55. The number of amides is 1. The molecule has 1 N–H and O–H groups in total. The van der Waals surface area contributed by atoms with E-state index in [1.807, 2.05) is 18.7 Å². The topological polar surface area (TPSA) is 58.4 Å². The molecule has 2 fully saturated rings. The fourth-order valence-corrected chi connectivity index (χ4v) is 3.48. The van der Waals surface area contributed by atoms with Gasteiger partial charge in [0.1, 0.15) is 5.76 Å². The highest BCUT2D eigenvalue weighted by Gasteiger charge is 2.31. The normalized spacial score (nSPS) is 25.1. The third-order valence-corrected chi connectivity index (χ3v) is 4.88. The zero-order valence-corrected chi connectivity index (χ0v) is 13.5. The van der Waals surface area contributed by atoms with E-state index in [0.29, 0.717) is 6.42 Å². The van der Waals surface area contributed by atoms with Crippen LogP contribution in [0.15, 0.2) is 4.52 Å². The molecule has 3 heterocycles. The number of rotatable bonds is 2. The second-order valence-corrected chi connectivity index (χ2v) is 6.12. The van der Waals surface area contributed by atoms with Gasteiger partial charge in [-0.1, -0.05) is 5.16 Å². The van der Waals surface area contributed by atoms with Gasteiger partial charge in [-0.05, 0) is 51.6 Å². The standard InChI is InChI=1S/C15H23N3O2.ClH/c1-10-14(11(2)20-17-10)7-15(19)18-5-3-12-8-16-9-13(12)4-6-18;/h12-13,16H,3-9H2,1-2H3;1H/t12-,13+;. The molecule has 0 saturated carbocycles. The van der Waals surface area contributed by atoms with Gasteiger partial charge in [-0.15, -0.1) is 12.4 Å². The van der Waals surface area contributed by atoms with Crippen LogP contribution >= 0.6 is 12.4 Å². The second kappa shape index (κ2) is 6.79. The summed E-state index contributed by atoms with van der Waals surface area (Å²) in [4.78, 5) is 14.5. The minimum atomic E-state index is 0. The summed E-state index contributed by atoms with van der Waals surface area (Å²) in [5.74, 6) is 2.50. The van der Waals surface area contributed by atoms with E-state index in [0.717, 1.165) is 67.9 Å². The van der Waals surface area contributed by atoms with Crippen molar-refractivity contribution >= 4 is 18.3 Å². The smallest absolute Gasteiger partial charge is 0.227 e. The van der Waals surface area contributed by atoms with Gasteiger partial charge in [-0.3, -0.25) is 4.79 Å². The molecule has 6 heteroatoms. The van der Waals surface area contributed by atoms with E-state index in [1.165, 1.54) is 0 Å². The van der Waals surface area contributed by atoms with Crippen LogP contribution in [0, 0.1) is 25.7 Å². The number of hydrogen-bond acceptors (Lipinski definition) is 4. The molecule has 118 valence electrons. The van der Waals surface area contributed by atoms with Crippen LogP contribution in [0.2, 0.25) is 0 Å². The number of aryl methyl sites for hydroxylation is 2. The summed E-state index contributed by atoms with van der Waals surface area (Å²) in [5, 5.41) is 7.39. The Bertz CT molecular complexity index is 470. The molecule has 0 aliphatic carbocycles. The molecule has 0 spiro atoms. The largest absolute Gasteiger partial charge is 0.361 e. The maximum Gasteiger partial charge on any atom is 0.227 e. The number of fused-ring (bicyclic) bond motifs is 1. The number of carbonyl (C=O) groups is 1. The Hall–Kier alpha value is -1.07. The van der Waals surface area contributed by atoms with Crippen LogP contribution in [0.3, 0.4) is 0 Å². The van der Waals surface area contributed by atoms with Crippen molar-refractivity contribution in [1.29, 1.82) is 0 Å². The number of likely N-dealkylation sites (tertiary alicyclic amines) is 1. The van der Waals surface area contributed by atoms with E-state index in [2.05, 4.69) is 10.5 Å². The molecule has 0 unspecified atom stereocenters. The van der Waals surface area contributed by atoms with Gasteiger partial charge in [0.2, 0.25) is 5.91 Å². The van der Waals surface area contributed by atoms with E-state index in [1.54, 1.807) is 0 Å². The van der Waals surface area contributed by atoms with Crippen molar-refractivity contribution in [2.24, 2.45) is 11.8 Å². The van der Waals surface area contributed by atoms with Crippen molar-refractivity contribution in [3.8, 4) is 0 Å². The zero-order valence-electron chi connectivity index (χ0n) is 12.7. The minimum absolute atomic E-state index is 0. The minimum Gasteiger partial charge on any atom is -0.361 e. The van der Waals surface area contributed by atoms with Crippen molar-refractivity contribution in [3.05, 3.63) is 17.0 Å². The predicted molar refractivity (Wildman–Crippen MR) is 82.6 cm³/mol. The Morgan fingerprint density at radius 3 is 2.43 bits per heavy atom. The average molecular weight is 314 g/mol. The highest BCUT2D eigenvalue weighted by Crippen LogP contribution is 2.27. The summed E-state index contributed by atoms with van der Waals surface area (Å²) >= 11 is 0. The number of carbonyl (C=O) groups excluding carboxylic acids is 1. The van der Waals surface area contributed by atoms with Crippen LogP contribution < -0.4 is 5.32 Å². The van der Waals surface area contributed by atoms with Crippen molar-refractivity contribution in [1.82, 2.24) is 15.4 Å². The summed E-state index contributed by atoms with van der Waals surface area (Å²) in [6.07, 6.45) is 2.69. The lowest BCUT2D eigenvalue weighted by molar-refractivity contribution is -0.130. The van der Waals surface area contributed by atoms with Gasteiger partial charge in [0.25, 0.3) is 0 Å². The fraction of sp³-hybridized carbons (Fsp3) is 0.733. The summed E-state index contributed by atoms with van der Waals surface area (Å²) < 4.78 is 5.14. The number of aromatic nitrogens is 1. The first kappa shape index (κ1) is 16.3. The maximum atomic E-state index is 12.5. The second-order valence-electron chi connectivity index (χ2n) is 6.12. The molecule has 1 aromatic rings. The number of hydrogen-bond donors (Lipinski definition) is 1. The van der Waals surface area contributed by atoms with E-state index in [4.69, 9.17) is 4.52 Å². The Kier molecular flexibility index (Phi) is 5.27. The Labute approximate surface area is 131 Å². The molecule has 0 bridgehead atoms. The molecule has 2 atom stereocenters. The van der Waals surface area contributed by atoms with Crippen molar-refractivity contribution in [3.63, 3.8) is 0 Å². The SMILES string of the molecule is Cc1noc(C)c1CC(=O)N1CC[C@@H]2CNC[C@@H]2CC1.Cl. The van der Waals surface area contributed by atoms with Crippen molar-refractivity contribution in [2.45, 2.75) is 33.1 Å². The molecule has 1 aromatic heterocycles. The van der Waals surface area contributed by atoms with Gasteiger partial charge in [0.05, 0.1) is 12.1 Å². The molecule has 21 heavy (non-hydrogen) atoms. The van der Waals surface area contributed by atoms with Crippen molar-refractivity contribution in [2.75, 3.05) is 26.2 Å². The van der Waals surface area contributed by atoms with Crippen LogP contribution in [-0.2, 0) is 11.2 Å². The summed E-state index contributed by atoms with van der Waals surface area (Å²) in [5.41, 5.74) is 1.80. The summed E-state index contributed by atoms with van der Waals surface area (Å²) in [7, 11) is 0. The summed E-state index contributed by atoms with van der Waals surface area (Å²) in [6, 6.07) is 0. The van der Waals surface area contributed by atoms with Gasteiger partial charge in [0, 0.05) is 18.7 Å². The highest BCUT2D eigenvalue weighted by atomic mass is 35.5. The van der Waals surface area contributed by atoms with Crippen LogP contribution in [-0.4, -0.2) is 42.1 Å². The molecule has 0 aromatic carbocycles. The molecule has 1 amide bonds. The van der Waals surface area contributed by atoms with E-state index in [-0.39, 0.29) is 18.3 Å². The Balaban J connectivity index is 0.00000161. The Morgan fingerprint density at radius 2 is 1.90 bits per heavy atom. The van der Waals surface area contributed by atoms with Crippen LogP contribution in [0.25, 0.3) is 0 Å². The fourth-order valence-electron chi connectivity index (χ4n) is 3.48. The maximum absolute atomic E-state index is 12.5. The van der Waals surface area contributed by atoms with Gasteiger partial charge < -0.3 is 14.7 Å². The first-order valence-electron chi connectivity index (χ1n) is 7.55. The Morgan fingerprint density at radius 1 is 1.29 bits per heavy atom. The highest BCUT2D eigenvalue weighted by molar-refractivity contribution is 5.85. The predicted octanol–water partition coefficient (Wildman–Crippen LogP) is 1.71. The third-order valence-electron chi connectivity index (χ3n) is 4.88. The lowest BCUT2D eigenvalue weighted by Crippen LogP contribution is -2.34. The molecular weight excluding hydrogens is 290 g/mol. The number of nitrogens with one attached hydrogen (secondary N) is 1. The average Bonchev–Trinajstić information content (AvgIpc) is 2.94. The monoisotopic (exact) mass is 313 g/mol. The van der Waals surface area contributed by atoms with Gasteiger partial charge in [0.15, 0.2) is 0 Å². The molecule has 3 rings (SSSR count). The first-order chi connectivity index (χ1) is 9.65. The number of nitrogens with zero attached hydrogens (tertiary/aromatic N) is 2. The van der Waals surface area contributed by atoms with E-state index >= 15 is 0 Å². The molecule has 2 aliphatic rings. The molecule has 2 saturated heterocycles. The number of halogens is 1. The molecule has 2 aliphatic heterocycles. The molecular formula is C15H24ClN3O2. The van der Waals surface area contributed by atoms with Crippen molar-refractivity contribution < 1.29 is 9.32 Å². The van der Waals surface area contributed by atoms with Crippen LogP contribution in [0.4, 0.5) is 0 Å². The van der Waals surface area contributed by atoms with Gasteiger partial charge in [-0.2, -0.15) is 0 Å². The van der Waals surface area contributed by atoms with E-state index < -0.39 is 0 Å². The van der Waals surface area contributed by atoms with Crippen LogP contribution in [0.5, 0.6) is 0 Å². The lowest BCUT2D eigenvalue weighted by Gasteiger charge is -2.20. The zero-order chi connectivity index (χ0) is 14.1.